The summed E-state index contributed by atoms with van der Waals surface area (Å²) >= 11 is 0. The molecule has 0 radical (unpaired) electrons. The van der Waals surface area contributed by atoms with E-state index in [-0.39, 0.29) is 0 Å². The number of hydrogen-bond donors (Lipinski definition) is 2. The van der Waals surface area contributed by atoms with Crippen molar-refractivity contribution in [2.45, 2.75) is 32.8 Å². The molecule has 0 fully saturated rings. The van der Waals surface area contributed by atoms with Crippen LogP contribution in [0.2, 0.25) is 0 Å². The summed E-state index contributed by atoms with van der Waals surface area (Å²) in [5, 5.41) is 2.69. The Morgan fingerprint density at radius 1 is 1.37 bits per heavy atom. The highest BCUT2D eigenvalue weighted by atomic mass is 16.6. The Balaban J connectivity index is 2.85. The van der Waals surface area contributed by atoms with E-state index >= 15 is 0 Å². The number of ether oxygens (including phenoxy) is 2. The van der Waals surface area contributed by atoms with E-state index in [0.29, 0.717) is 18.0 Å². The number of carbonyl (C=O) groups is 1. The average Bonchev–Trinajstić information content (AvgIpc) is 2.27. The smallest absolute Gasteiger partial charge is 0.412 e. The zero-order valence-electron chi connectivity index (χ0n) is 11.9. The van der Waals surface area contributed by atoms with Gasteiger partial charge in [-0.15, -0.1) is 0 Å². The van der Waals surface area contributed by atoms with Gasteiger partial charge < -0.3 is 15.2 Å². The SMILES string of the molecule is COc1ccc(CCN)cc1NC(=O)OC(C)(C)C. The molecule has 3 N–H and O–H groups in total. The van der Waals surface area contributed by atoms with E-state index < -0.39 is 11.7 Å². The molecule has 1 aromatic carbocycles. The van der Waals surface area contributed by atoms with Gasteiger partial charge in [0.2, 0.25) is 0 Å². The molecule has 19 heavy (non-hydrogen) atoms. The molecule has 0 aliphatic carbocycles. The van der Waals surface area contributed by atoms with Gasteiger partial charge in [-0.05, 0) is 51.4 Å². The van der Waals surface area contributed by atoms with Crippen molar-refractivity contribution >= 4 is 11.8 Å². The Kier molecular flexibility index (Phi) is 5.18. The molecule has 0 aliphatic rings. The predicted molar refractivity (Wildman–Crippen MR) is 75.6 cm³/mol. The first-order chi connectivity index (χ1) is 8.85. The van der Waals surface area contributed by atoms with Gasteiger partial charge in [-0.3, -0.25) is 5.32 Å². The minimum absolute atomic E-state index is 0.504. The number of methoxy groups -OCH3 is 1. The van der Waals surface area contributed by atoms with E-state index in [1.165, 1.54) is 0 Å². The molecule has 1 amide bonds. The number of benzene rings is 1. The summed E-state index contributed by atoms with van der Waals surface area (Å²) in [4.78, 5) is 11.8. The van der Waals surface area contributed by atoms with E-state index in [4.69, 9.17) is 15.2 Å². The molecule has 106 valence electrons. The van der Waals surface area contributed by atoms with Crippen LogP contribution in [0.25, 0.3) is 0 Å². The third-order valence-corrected chi connectivity index (χ3v) is 2.33. The van der Waals surface area contributed by atoms with E-state index in [0.717, 1.165) is 12.0 Å². The fraction of sp³-hybridized carbons (Fsp3) is 0.500. The van der Waals surface area contributed by atoms with Crippen molar-refractivity contribution in [3.63, 3.8) is 0 Å². The first-order valence-electron chi connectivity index (χ1n) is 6.22. The second-order valence-electron chi connectivity index (χ2n) is 5.20. The maximum Gasteiger partial charge on any atom is 0.412 e. The molecular formula is C14H22N2O3. The summed E-state index contributed by atoms with van der Waals surface area (Å²) in [7, 11) is 1.55. The summed E-state index contributed by atoms with van der Waals surface area (Å²) < 4.78 is 10.4. The molecule has 0 spiro atoms. The number of rotatable bonds is 4. The second kappa shape index (κ2) is 6.43. The number of nitrogens with two attached hydrogens (primary N) is 1. The Morgan fingerprint density at radius 3 is 2.58 bits per heavy atom. The van der Waals surface area contributed by atoms with Crippen LogP contribution in [-0.2, 0) is 11.2 Å². The largest absolute Gasteiger partial charge is 0.495 e. The van der Waals surface area contributed by atoms with Gasteiger partial charge in [0.1, 0.15) is 11.4 Å². The molecule has 0 bridgehead atoms. The highest BCUT2D eigenvalue weighted by Crippen LogP contribution is 2.26. The summed E-state index contributed by atoms with van der Waals surface area (Å²) in [5.74, 6) is 0.589. The van der Waals surface area contributed by atoms with Crippen LogP contribution in [-0.4, -0.2) is 25.3 Å². The number of nitrogens with one attached hydrogen (secondary N) is 1. The molecule has 0 saturated heterocycles. The van der Waals surface area contributed by atoms with Gasteiger partial charge in [0.15, 0.2) is 0 Å². The fourth-order valence-electron chi connectivity index (χ4n) is 1.59. The van der Waals surface area contributed by atoms with Crippen LogP contribution in [0.15, 0.2) is 18.2 Å². The van der Waals surface area contributed by atoms with Crippen molar-refractivity contribution < 1.29 is 14.3 Å². The van der Waals surface area contributed by atoms with E-state index in [9.17, 15) is 4.79 Å². The van der Waals surface area contributed by atoms with Crippen LogP contribution in [0.3, 0.4) is 0 Å². The summed E-state index contributed by atoms with van der Waals surface area (Å²) in [5.41, 5.74) is 6.61. The molecule has 5 heteroatoms. The number of amides is 1. The summed E-state index contributed by atoms with van der Waals surface area (Å²) in [6, 6.07) is 5.57. The molecule has 1 rings (SSSR count). The van der Waals surface area contributed by atoms with E-state index in [2.05, 4.69) is 5.32 Å². The zero-order valence-corrected chi connectivity index (χ0v) is 11.9. The third-order valence-electron chi connectivity index (χ3n) is 2.33. The lowest BCUT2D eigenvalue weighted by Crippen LogP contribution is -2.27. The summed E-state index contributed by atoms with van der Waals surface area (Å²) in [6.07, 6.45) is 0.239. The predicted octanol–water partition coefficient (Wildman–Crippen LogP) is 2.54. The zero-order chi connectivity index (χ0) is 14.5. The monoisotopic (exact) mass is 266 g/mol. The fourth-order valence-corrected chi connectivity index (χ4v) is 1.59. The van der Waals surface area contributed by atoms with E-state index in [1.807, 2.05) is 32.9 Å². The first-order valence-corrected chi connectivity index (χ1v) is 6.22. The van der Waals surface area contributed by atoms with Crippen LogP contribution < -0.4 is 15.8 Å². The minimum atomic E-state index is -0.536. The Morgan fingerprint density at radius 2 is 2.05 bits per heavy atom. The van der Waals surface area contributed by atoms with Crippen LogP contribution >= 0.6 is 0 Å². The molecule has 0 aliphatic heterocycles. The molecule has 0 saturated carbocycles. The van der Waals surface area contributed by atoms with E-state index in [1.54, 1.807) is 13.2 Å². The average molecular weight is 266 g/mol. The van der Waals surface area contributed by atoms with Crippen LogP contribution in [0, 0.1) is 0 Å². The quantitative estimate of drug-likeness (QED) is 0.878. The van der Waals surface area contributed by atoms with Crippen LogP contribution in [0.5, 0.6) is 5.75 Å². The number of carbonyl (C=O) groups excluding carboxylic acids is 1. The molecule has 0 heterocycles. The minimum Gasteiger partial charge on any atom is -0.495 e. The third kappa shape index (κ3) is 5.18. The van der Waals surface area contributed by atoms with Crippen molar-refractivity contribution in [1.29, 1.82) is 0 Å². The second-order valence-corrected chi connectivity index (χ2v) is 5.20. The van der Waals surface area contributed by atoms with Gasteiger partial charge in [0, 0.05) is 0 Å². The van der Waals surface area contributed by atoms with Gasteiger partial charge in [-0.1, -0.05) is 6.07 Å². The topological polar surface area (TPSA) is 73.6 Å². The first kappa shape index (κ1) is 15.3. The maximum atomic E-state index is 11.8. The van der Waals surface area contributed by atoms with Crippen molar-refractivity contribution in [3.05, 3.63) is 23.8 Å². The lowest BCUT2D eigenvalue weighted by atomic mass is 10.1. The highest BCUT2D eigenvalue weighted by Gasteiger charge is 2.17. The summed E-state index contributed by atoms with van der Waals surface area (Å²) in [6.45, 7) is 6.00. The van der Waals surface area contributed by atoms with Crippen LogP contribution in [0.1, 0.15) is 26.3 Å². The van der Waals surface area contributed by atoms with Crippen molar-refractivity contribution in [3.8, 4) is 5.75 Å². The molecule has 0 atom stereocenters. The van der Waals surface area contributed by atoms with Gasteiger partial charge >= 0.3 is 6.09 Å². The molecule has 5 nitrogen and oxygen atoms in total. The van der Waals surface area contributed by atoms with Gasteiger partial charge in [0.25, 0.3) is 0 Å². The Bertz CT molecular complexity index is 439. The lowest BCUT2D eigenvalue weighted by Gasteiger charge is -2.20. The normalized spacial score (nSPS) is 11.0. The lowest BCUT2D eigenvalue weighted by molar-refractivity contribution is 0.0635. The molecular weight excluding hydrogens is 244 g/mol. The van der Waals surface area contributed by atoms with Gasteiger partial charge in [-0.2, -0.15) is 0 Å². The Hall–Kier alpha value is -1.75. The maximum absolute atomic E-state index is 11.8. The standard InChI is InChI=1S/C14H22N2O3/c1-14(2,3)19-13(17)16-11-9-10(7-8-15)5-6-12(11)18-4/h5-6,9H,7-8,15H2,1-4H3,(H,16,17). The van der Waals surface area contributed by atoms with Crippen molar-refractivity contribution in [1.82, 2.24) is 0 Å². The van der Waals surface area contributed by atoms with Gasteiger partial charge in [-0.25, -0.2) is 4.79 Å². The molecule has 0 aromatic heterocycles. The van der Waals surface area contributed by atoms with Crippen molar-refractivity contribution in [2.24, 2.45) is 5.73 Å². The molecule has 0 unspecified atom stereocenters. The Labute approximate surface area is 114 Å². The van der Waals surface area contributed by atoms with Crippen LogP contribution in [0.4, 0.5) is 10.5 Å². The molecule has 1 aromatic rings. The van der Waals surface area contributed by atoms with Crippen molar-refractivity contribution in [2.75, 3.05) is 19.0 Å². The highest BCUT2D eigenvalue weighted by molar-refractivity contribution is 5.87. The number of hydrogen-bond acceptors (Lipinski definition) is 4. The number of anilines is 1. The van der Waals surface area contributed by atoms with Gasteiger partial charge in [0.05, 0.1) is 12.8 Å².